The van der Waals surface area contributed by atoms with E-state index in [9.17, 15) is 0 Å². The van der Waals surface area contributed by atoms with Gasteiger partial charge >= 0.3 is 0 Å². The number of para-hydroxylation sites is 3. The number of rotatable bonds is 14. The Morgan fingerprint density at radius 1 is 0.344 bits per heavy atom. The summed E-state index contributed by atoms with van der Waals surface area (Å²) in [6, 6.07) is 75.3. The molecule has 0 unspecified atom stereocenters. The molecule has 0 heterocycles. The first-order valence-corrected chi connectivity index (χ1v) is 20.7. The molecule has 61 heavy (non-hydrogen) atoms. The van der Waals surface area contributed by atoms with Crippen LogP contribution in [0.3, 0.4) is 0 Å². The van der Waals surface area contributed by atoms with E-state index < -0.39 is 0 Å². The van der Waals surface area contributed by atoms with E-state index in [1.165, 1.54) is 11.1 Å². The lowest BCUT2D eigenvalue weighted by molar-refractivity contribution is 1.21. The van der Waals surface area contributed by atoms with Crippen molar-refractivity contribution < 1.29 is 0 Å². The zero-order valence-corrected chi connectivity index (χ0v) is 35.0. The third kappa shape index (κ3) is 9.25. The molecule has 0 saturated heterocycles. The van der Waals surface area contributed by atoms with Crippen LogP contribution < -0.4 is 19.6 Å². The van der Waals surface area contributed by atoms with E-state index in [0.29, 0.717) is 0 Å². The quantitative estimate of drug-likeness (QED) is 0.102. The van der Waals surface area contributed by atoms with Gasteiger partial charge in [0.05, 0.1) is 0 Å². The van der Waals surface area contributed by atoms with Crippen LogP contribution in [0.1, 0.15) is 18.1 Å². The average Bonchev–Trinajstić information content (AvgIpc) is 3.30. The normalized spacial score (nSPS) is 11.1. The number of nitrogens with zero attached hydrogens (tertiary/aromatic N) is 4. The van der Waals surface area contributed by atoms with Gasteiger partial charge in [0.2, 0.25) is 0 Å². The minimum absolute atomic E-state index is 0.869. The van der Waals surface area contributed by atoms with Gasteiger partial charge in [0, 0.05) is 68.3 Å². The lowest BCUT2D eigenvalue weighted by atomic mass is 10.1. The van der Waals surface area contributed by atoms with E-state index in [4.69, 9.17) is 0 Å². The molecule has 0 bridgehead atoms. The molecule has 0 aromatic heterocycles. The van der Waals surface area contributed by atoms with E-state index in [-0.39, 0.29) is 0 Å². The molecule has 0 aliphatic rings. The van der Waals surface area contributed by atoms with Gasteiger partial charge in [0.15, 0.2) is 0 Å². The van der Waals surface area contributed by atoms with E-state index >= 15 is 0 Å². The van der Waals surface area contributed by atoms with Gasteiger partial charge in [-0.1, -0.05) is 104 Å². The van der Waals surface area contributed by atoms with Crippen LogP contribution in [0.25, 0.3) is 0 Å². The minimum atomic E-state index is 0.869. The fourth-order valence-electron chi connectivity index (χ4n) is 7.69. The van der Waals surface area contributed by atoms with Gasteiger partial charge in [0.1, 0.15) is 0 Å². The summed E-state index contributed by atoms with van der Waals surface area (Å²) in [5.74, 6) is 0. The maximum atomic E-state index is 4.46. The Morgan fingerprint density at radius 2 is 0.639 bits per heavy atom. The summed E-state index contributed by atoms with van der Waals surface area (Å²) in [6.07, 6.45) is 8.10. The van der Waals surface area contributed by atoms with Crippen LogP contribution in [0.15, 0.2) is 249 Å². The smallest absolute Gasteiger partial charge is 0.0464 e. The standard InChI is InChI=1S/C57H50N4/c1-5-6-10-21-46(4)58(47-22-11-7-12-23-47)50-30-32-51(33-31-50)59(52-34-38-54(39-35-52)60(48-24-13-8-14-25-48)56-28-17-19-44(2)42-56)53-36-40-55(41-37-53)61(49-26-15-9-16-27-49)57-29-18-20-45(3)43-57/h5-43H,4H2,1-3H3/b6-5+,21-10-. The lowest BCUT2D eigenvalue weighted by Gasteiger charge is -2.30. The van der Waals surface area contributed by atoms with Gasteiger partial charge in [-0.25, -0.2) is 0 Å². The number of hydrogen-bond acceptors (Lipinski definition) is 4. The van der Waals surface area contributed by atoms with Crippen molar-refractivity contribution in [3.63, 3.8) is 0 Å². The second-order valence-corrected chi connectivity index (χ2v) is 15.0. The van der Waals surface area contributed by atoms with E-state index in [1.54, 1.807) is 0 Å². The van der Waals surface area contributed by atoms with Crippen molar-refractivity contribution in [3.05, 3.63) is 260 Å². The zero-order valence-electron chi connectivity index (χ0n) is 35.0. The first kappa shape index (κ1) is 40.0. The Labute approximate surface area is 361 Å². The minimum Gasteiger partial charge on any atom is -0.311 e. The molecule has 4 heteroatoms. The summed E-state index contributed by atoms with van der Waals surface area (Å²) in [5.41, 5.74) is 15.1. The van der Waals surface area contributed by atoms with Crippen molar-refractivity contribution in [2.45, 2.75) is 20.8 Å². The van der Waals surface area contributed by atoms with Crippen LogP contribution in [0.5, 0.6) is 0 Å². The number of aryl methyl sites for hydroxylation is 2. The van der Waals surface area contributed by atoms with Crippen molar-refractivity contribution >= 4 is 62.6 Å². The first-order valence-electron chi connectivity index (χ1n) is 20.7. The summed E-state index contributed by atoms with van der Waals surface area (Å²) < 4.78 is 0. The van der Waals surface area contributed by atoms with Gasteiger partial charge < -0.3 is 19.6 Å². The molecule has 0 aliphatic heterocycles. The molecule has 0 atom stereocenters. The van der Waals surface area contributed by atoms with Gasteiger partial charge in [0.25, 0.3) is 0 Å². The number of hydrogen-bond donors (Lipinski definition) is 0. The summed E-state index contributed by atoms with van der Waals surface area (Å²) in [7, 11) is 0. The van der Waals surface area contributed by atoms with Crippen molar-refractivity contribution in [2.75, 3.05) is 19.6 Å². The molecule has 0 fully saturated rings. The molecule has 0 aliphatic carbocycles. The summed E-state index contributed by atoms with van der Waals surface area (Å²) in [5, 5.41) is 0. The summed E-state index contributed by atoms with van der Waals surface area (Å²) in [4.78, 5) is 9.13. The predicted molar refractivity (Wildman–Crippen MR) is 262 cm³/mol. The Bertz CT molecular complexity index is 2590. The fourth-order valence-corrected chi connectivity index (χ4v) is 7.69. The summed E-state index contributed by atoms with van der Waals surface area (Å²) in [6.45, 7) is 10.8. The zero-order chi connectivity index (χ0) is 42.0. The molecule has 4 nitrogen and oxygen atoms in total. The lowest BCUT2D eigenvalue weighted by Crippen LogP contribution is -2.15. The van der Waals surface area contributed by atoms with Crippen molar-refractivity contribution in [3.8, 4) is 0 Å². The average molecular weight is 791 g/mol. The number of allylic oxidation sites excluding steroid dienone is 4. The molecule has 8 aromatic rings. The van der Waals surface area contributed by atoms with Crippen molar-refractivity contribution in [2.24, 2.45) is 0 Å². The third-order valence-corrected chi connectivity index (χ3v) is 10.5. The number of anilines is 11. The van der Waals surface area contributed by atoms with E-state index in [2.05, 4.69) is 246 Å². The molecule has 298 valence electrons. The van der Waals surface area contributed by atoms with Crippen LogP contribution >= 0.6 is 0 Å². The van der Waals surface area contributed by atoms with Gasteiger partial charge in [-0.15, -0.1) is 0 Å². The Hall–Kier alpha value is -7.82. The topological polar surface area (TPSA) is 13.0 Å². The monoisotopic (exact) mass is 790 g/mol. The van der Waals surface area contributed by atoms with Gasteiger partial charge in [-0.05, 0) is 171 Å². The first-order chi connectivity index (χ1) is 30.0. The molecule has 0 spiro atoms. The highest BCUT2D eigenvalue weighted by atomic mass is 15.2. The third-order valence-electron chi connectivity index (χ3n) is 10.5. The Balaban J connectivity index is 1.21. The molecule has 0 N–H and O–H groups in total. The van der Waals surface area contributed by atoms with Crippen LogP contribution in [0.2, 0.25) is 0 Å². The highest BCUT2D eigenvalue weighted by molar-refractivity contribution is 5.84. The molecular weight excluding hydrogens is 741 g/mol. The Kier molecular flexibility index (Phi) is 12.3. The summed E-state index contributed by atoms with van der Waals surface area (Å²) >= 11 is 0. The van der Waals surface area contributed by atoms with Crippen molar-refractivity contribution in [1.82, 2.24) is 0 Å². The largest absolute Gasteiger partial charge is 0.311 e. The molecule has 0 radical (unpaired) electrons. The number of benzene rings is 8. The molecule has 0 saturated carbocycles. The fraction of sp³-hybridized carbons (Fsp3) is 0.0526. The molecule has 8 rings (SSSR count). The van der Waals surface area contributed by atoms with Gasteiger partial charge in [-0.3, -0.25) is 0 Å². The maximum Gasteiger partial charge on any atom is 0.0464 e. The highest BCUT2D eigenvalue weighted by Gasteiger charge is 2.19. The van der Waals surface area contributed by atoms with Crippen LogP contribution in [-0.4, -0.2) is 0 Å². The van der Waals surface area contributed by atoms with Crippen LogP contribution in [0.4, 0.5) is 62.6 Å². The Morgan fingerprint density at radius 3 is 1.00 bits per heavy atom. The van der Waals surface area contributed by atoms with E-state index in [0.717, 1.165) is 68.3 Å². The second kappa shape index (κ2) is 18.8. The highest BCUT2D eigenvalue weighted by Crippen LogP contribution is 2.42. The van der Waals surface area contributed by atoms with E-state index in [1.807, 2.05) is 37.3 Å². The van der Waals surface area contributed by atoms with Gasteiger partial charge in [-0.2, -0.15) is 0 Å². The SMILES string of the molecule is C=C(/C=C\C=C\C)N(c1ccccc1)c1ccc(N(c2ccc(N(c3ccccc3)c3cccc(C)c3)cc2)c2ccc(N(c3ccccc3)c3cccc(C)c3)cc2)cc1. The molecule has 0 amide bonds. The van der Waals surface area contributed by atoms with Crippen molar-refractivity contribution in [1.29, 1.82) is 0 Å². The van der Waals surface area contributed by atoms with Crippen LogP contribution in [-0.2, 0) is 0 Å². The predicted octanol–water partition coefficient (Wildman–Crippen LogP) is 16.5. The molecular formula is C57H50N4. The maximum absolute atomic E-state index is 4.46. The second-order valence-electron chi connectivity index (χ2n) is 15.0. The van der Waals surface area contributed by atoms with Crippen LogP contribution in [0, 0.1) is 13.8 Å². The molecule has 8 aromatic carbocycles.